The summed E-state index contributed by atoms with van der Waals surface area (Å²) in [7, 11) is 1.72. The first kappa shape index (κ1) is 14.5. The van der Waals surface area contributed by atoms with Gasteiger partial charge < -0.3 is 4.90 Å². The summed E-state index contributed by atoms with van der Waals surface area (Å²) < 4.78 is 1.51. The highest BCUT2D eigenvalue weighted by Crippen LogP contribution is 2.19. The molecule has 7 heteroatoms. The zero-order chi connectivity index (χ0) is 14.5. The maximum absolute atomic E-state index is 12.2. The summed E-state index contributed by atoms with van der Waals surface area (Å²) in [5.41, 5.74) is 0. The summed E-state index contributed by atoms with van der Waals surface area (Å²) >= 11 is 0. The number of likely N-dealkylation sites (tertiary alicyclic amines) is 1. The van der Waals surface area contributed by atoms with Crippen molar-refractivity contribution in [3.63, 3.8) is 0 Å². The second-order valence-corrected chi connectivity index (χ2v) is 5.13. The topological polar surface area (TPSA) is 80.1 Å². The molecule has 7 nitrogen and oxygen atoms in total. The van der Waals surface area contributed by atoms with Crippen LogP contribution in [-0.4, -0.2) is 44.6 Å². The van der Waals surface area contributed by atoms with Gasteiger partial charge in [-0.3, -0.25) is 14.9 Å². The highest BCUT2D eigenvalue weighted by molar-refractivity contribution is 5.91. The van der Waals surface area contributed by atoms with Crippen molar-refractivity contribution in [2.45, 2.75) is 32.6 Å². The summed E-state index contributed by atoms with van der Waals surface area (Å²) in [6.07, 6.45) is 4.46. The molecule has 1 aromatic heterocycles. The molecular formula is C13H21N5O2. The Balaban J connectivity index is 1.93. The van der Waals surface area contributed by atoms with Gasteiger partial charge in [0.2, 0.25) is 17.8 Å². The van der Waals surface area contributed by atoms with Gasteiger partial charge in [0.1, 0.15) is 6.33 Å². The molecule has 1 aliphatic rings. The van der Waals surface area contributed by atoms with Gasteiger partial charge in [-0.2, -0.15) is 10.1 Å². The lowest BCUT2D eigenvalue weighted by Crippen LogP contribution is -2.43. The van der Waals surface area contributed by atoms with E-state index < -0.39 is 0 Å². The Hall–Kier alpha value is -1.92. The molecule has 0 saturated carbocycles. The van der Waals surface area contributed by atoms with Crippen LogP contribution in [0.3, 0.4) is 0 Å². The molecule has 1 N–H and O–H groups in total. The van der Waals surface area contributed by atoms with Crippen LogP contribution < -0.4 is 5.32 Å². The average molecular weight is 279 g/mol. The Bertz CT molecular complexity index is 485. The van der Waals surface area contributed by atoms with Crippen LogP contribution in [0.15, 0.2) is 6.33 Å². The molecule has 0 radical (unpaired) electrons. The van der Waals surface area contributed by atoms with E-state index in [4.69, 9.17) is 0 Å². The Morgan fingerprint density at radius 3 is 2.95 bits per heavy atom. The Morgan fingerprint density at radius 1 is 1.50 bits per heavy atom. The maximum Gasteiger partial charge on any atom is 0.231 e. The van der Waals surface area contributed by atoms with Crippen LogP contribution in [0.5, 0.6) is 0 Å². The molecule has 1 atom stereocenters. The molecule has 2 rings (SSSR count). The van der Waals surface area contributed by atoms with Crippen molar-refractivity contribution in [1.82, 2.24) is 19.7 Å². The van der Waals surface area contributed by atoms with Crippen molar-refractivity contribution < 1.29 is 9.59 Å². The lowest BCUT2D eigenvalue weighted by Gasteiger charge is -2.32. The van der Waals surface area contributed by atoms with E-state index in [9.17, 15) is 9.59 Å². The maximum atomic E-state index is 12.2. The summed E-state index contributed by atoms with van der Waals surface area (Å²) in [6.45, 7) is 3.25. The number of piperidine rings is 1. The van der Waals surface area contributed by atoms with E-state index in [1.165, 1.54) is 11.0 Å². The van der Waals surface area contributed by atoms with E-state index in [1.54, 1.807) is 11.9 Å². The van der Waals surface area contributed by atoms with Crippen molar-refractivity contribution in [2.24, 2.45) is 13.0 Å². The van der Waals surface area contributed by atoms with Gasteiger partial charge in [-0.15, -0.1) is 0 Å². The van der Waals surface area contributed by atoms with E-state index in [1.807, 2.05) is 6.92 Å². The molecule has 110 valence electrons. The number of hydrogen-bond acceptors (Lipinski definition) is 4. The molecule has 0 aromatic carbocycles. The fourth-order valence-corrected chi connectivity index (χ4v) is 2.41. The number of carbonyl (C=O) groups is 2. The monoisotopic (exact) mass is 279 g/mol. The number of aromatic nitrogens is 3. The Kier molecular flexibility index (Phi) is 4.70. The molecule has 1 aliphatic heterocycles. The molecule has 1 saturated heterocycles. The number of nitrogens with zero attached hydrogens (tertiary/aromatic N) is 4. The van der Waals surface area contributed by atoms with Gasteiger partial charge in [-0.25, -0.2) is 4.68 Å². The van der Waals surface area contributed by atoms with E-state index in [2.05, 4.69) is 15.4 Å². The van der Waals surface area contributed by atoms with Crippen LogP contribution >= 0.6 is 0 Å². The number of nitrogens with one attached hydrogen (secondary N) is 1. The number of hydrogen-bond donors (Lipinski definition) is 1. The van der Waals surface area contributed by atoms with Crippen molar-refractivity contribution in [3.8, 4) is 0 Å². The SMILES string of the molecule is CCCC(=O)N1CCCC(C(=O)Nc2ncnn2C)C1. The minimum atomic E-state index is -0.166. The van der Waals surface area contributed by atoms with Crippen LogP contribution in [0, 0.1) is 5.92 Å². The summed E-state index contributed by atoms with van der Waals surface area (Å²) in [5.74, 6) is 0.326. The molecule has 1 aromatic rings. The Morgan fingerprint density at radius 2 is 2.30 bits per heavy atom. The molecule has 0 spiro atoms. The van der Waals surface area contributed by atoms with Gasteiger partial charge in [-0.1, -0.05) is 6.92 Å². The van der Waals surface area contributed by atoms with Gasteiger partial charge in [0.25, 0.3) is 0 Å². The largest absolute Gasteiger partial charge is 0.342 e. The van der Waals surface area contributed by atoms with Gasteiger partial charge in [0, 0.05) is 26.6 Å². The minimum absolute atomic E-state index is 0.0879. The fourth-order valence-electron chi connectivity index (χ4n) is 2.41. The van der Waals surface area contributed by atoms with Gasteiger partial charge in [0.15, 0.2) is 0 Å². The third-order valence-corrected chi connectivity index (χ3v) is 3.56. The normalized spacial score (nSPS) is 18.9. The van der Waals surface area contributed by atoms with Crippen molar-refractivity contribution in [2.75, 3.05) is 18.4 Å². The van der Waals surface area contributed by atoms with E-state index >= 15 is 0 Å². The first-order chi connectivity index (χ1) is 9.61. The molecular weight excluding hydrogens is 258 g/mol. The number of anilines is 1. The predicted octanol–water partition coefficient (Wildman–Crippen LogP) is 0.792. The smallest absolute Gasteiger partial charge is 0.231 e. The first-order valence-corrected chi connectivity index (χ1v) is 7.04. The number of aryl methyl sites for hydroxylation is 1. The lowest BCUT2D eigenvalue weighted by atomic mass is 9.97. The summed E-state index contributed by atoms with van der Waals surface area (Å²) in [6, 6.07) is 0. The molecule has 2 amide bonds. The zero-order valence-electron chi connectivity index (χ0n) is 12.0. The molecule has 1 fully saturated rings. The first-order valence-electron chi connectivity index (χ1n) is 7.04. The minimum Gasteiger partial charge on any atom is -0.342 e. The van der Waals surface area contributed by atoms with Crippen molar-refractivity contribution in [3.05, 3.63) is 6.33 Å². The predicted molar refractivity (Wildman–Crippen MR) is 73.8 cm³/mol. The molecule has 20 heavy (non-hydrogen) atoms. The molecule has 2 heterocycles. The second-order valence-electron chi connectivity index (χ2n) is 5.13. The van der Waals surface area contributed by atoms with Gasteiger partial charge in [0.05, 0.1) is 5.92 Å². The van der Waals surface area contributed by atoms with E-state index in [0.717, 1.165) is 25.8 Å². The number of rotatable bonds is 4. The fraction of sp³-hybridized carbons (Fsp3) is 0.692. The highest BCUT2D eigenvalue weighted by atomic mass is 16.2. The van der Waals surface area contributed by atoms with E-state index in [0.29, 0.717) is 18.9 Å². The van der Waals surface area contributed by atoms with Crippen molar-refractivity contribution >= 4 is 17.8 Å². The standard InChI is InChI=1S/C13H21N5O2/c1-3-5-11(19)18-7-4-6-10(8-18)12(20)16-13-14-9-15-17(13)2/h9-10H,3-8H2,1-2H3,(H,14,15,16,20). The van der Waals surface area contributed by atoms with Crippen LogP contribution in [0.2, 0.25) is 0 Å². The quantitative estimate of drug-likeness (QED) is 0.883. The summed E-state index contributed by atoms with van der Waals surface area (Å²) in [5, 5.41) is 6.67. The van der Waals surface area contributed by atoms with Crippen LogP contribution in [0.1, 0.15) is 32.6 Å². The number of carbonyl (C=O) groups excluding carboxylic acids is 2. The molecule has 1 unspecified atom stereocenters. The summed E-state index contributed by atoms with van der Waals surface area (Å²) in [4.78, 5) is 29.9. The van der Waals surface area contributed by atoms with Gasteiger partial charge in [-0.05, 0) is 19.3 Å². The molecule has 0 bridgehead atoms. The zero-order valence-corrected chi connectivity index (χ0v) is 12.0. The lowest BCUT2D eigenvalue weighted by molar-refractivity contribution is -0.134. The van der Waals surface area contributed by atoms with E-state index in [-0.39, 0.29) is 17.7 Å². The average Bonchev–Trinajstić information content (AvgIpc) is 2.85. The van der Waals surface area contributed by atoms with Gasteiger partial charge >= 0.3 is 0 Å². The third-order valence-electron chi connectivity index (χ3n) is 3.56. The van der Waals surface area contributed by atoms with Crippen LogP contribution in [-0.2, 0) is 16.6 Å². The molecule has 0 aliphatic carbocycles. The second kappa shape index (κ2) is 6.49. The number of amides is 2. The Labute approximate surface area is 118 Å². The highest BCUT2D eigenvalue weighted by Gasteiger charge is 2.28. The third kappa shape index (κ3) is 3.34. The van der Waals surface area contributed by atoms with Crippen molar-refractivity contribution in [1.29, 1.82) is 0 Å². The van der Waals surface area contributed by atoms with Crippen LogP contribution in [0.25, 0.3) is 0 Å². The van der Waals surface area contributed by atoms with Crippen LogP contribution in [0.4, 0.5) is 5.95 Å².